The summed E-state index contributed by atoms with van der Waals surface area (Å²) in [7, 11) is 1.89. The second kappa shape index (κ2) is 5.27. The van der Waals surface area contributed by atoms with Gasteiger partial charge < -0.3 is 5.32 Å². The molecule has 0 amide bonds. The molecule has 2 aromatic heterocycles. The van der Waals surface area contributed by atoms with Gasteiger partial charge in [0.15, 0.2) is 11.5 Å². The van der Waals surface area contributed by atoms with Crippen molar-refractivity contribution in [3.63, 3.8) is 0 Å². The number of hydrogen-bond acceptors (Lipinski definition) is 5. The summed E-state index contributed by atoms with van der Waals surface area (Å²) in [6.45, 7) is 2.65. The summed E-state index contributed by atoms with van der Waals surface area (Å²) in [5.74, 6) is 0.505. The van der Waals surface area contributed by atoms with E-state index in [-0.39, 0.29) is 0 Å². The van der Waals surface area contributed by atoms with E-state index >= 15 is 0 Å². The van der Waals surface area contributed by atoms with Gasteiger partial charge in [0.1, 0.15) is 6.07 Å². The number of hydrogen-bond donors (Lipinski definition) is 1. The molecule has 0 aromatic carbocycles. The molecule has 18 heavy (non-hydrogen) atoms. The first-order valence-electron chi connectivity index (χ1n) is 5.71. The van der Waals surface area contributed by atoms with Crippen molar-refractivity contribution in [2.45, 2.75) is 19.9 Å². The highest BCUT2D eigenvalue weighted by Crippen LogP contribution is 2.12. The quantitative estimate of drug-likeness (QED) is 0.873. The molecular weight excluding hydrogens is 228 g/mol. The summed E-state index contributed by atoms with van der Waals surface area (Å²) in [4.78, 5) is 8.05. The molecule has 6 heteroatoms. The molecule has 0 fully saturated rings. The van der Waals surface area contributed by atoms with Crippen LogP contribution in [-0.2, 0) is 20.0 Å². The van der Waals surface area contributed by atoms with E-state index in [9.17, 15) is 0 Å². The Morgan fingerprint density at radius 3 is 2.89 bits per heavy atom. The topological polar surface area (TPSA) is 79.4 Å². The average Bonchev–Trinajstić information content (AvgIpc) is 2.77. The molecule has 2 heterocycles. The predicted octanol–water partition coefficient (Wildman–Crippen LogP) is 1.26. The molecule has 0 aliphatic heterocycles. The van der Waals surface area contributed by atoms with Crippen LogP contribution in [-0.4, -0.2) is 19.7 Å². The van der Waals surface area contributed by atoms with E-state index in [0.717, 1.165) is 17.7 Å². The Morgan fingerprint density at radius 2 is 2.17 bits per heavy atom. The Balaban J connectivity index is 2.14. The van der Waals surface area contributed by atoms with Crippen LogP contribution >= 0.6 is 0 Å². The van der Waals surface area contributed by atoms with Gasteiger partial charge in [0.05, 0.1) is 5.69 Å². The third kappa shape index (κ3) is 2.46. The summed E-state index contributed by atoms with van der Waals surface area (Å²) in [5.41, 5.74) is 2.46. The molecule has 0 bridgehead atoms. The van der Waals surface area contributed by atoms with Crippen LogP contribution in [0.2, 0.25) is 0 Å². The van der Waals surface area contributed by atoms with Gasteiger partial charge in [-0.3, -0.25) is 4.68 Å². The van der Waals surface area contributed by atoms with Crippen molar-refractivity contribution in [2.24, 2.45) is 7.05 Å². The molecule has 0 saturated heterocycles. The third-order valence-corrected chi connectivity index (χ3v) is 2.58. The summed E-state index contributed by atoms with van der Waals surface area (Å²) in [6.07, 6.45) is 5.91. The first-order chi connectivity index (χ1) is 8.74. The first kappa shape index (κ1) is 12.0. The van der Waals surface area contributed by atoms with Gasteiger partial charge in [-0.05, 0) is 6.42 Å². The van der Waals surface area contributed by atoms with Gasteiger partial charge in [-0.1, -0.05) is 6.92 Å². The Hall–Kier alpha value is -2.42. The van der Waals surface area contributed by atoms with Gasteiger partial charge in [0.2, 0.25) is 0 Å². The minimum Gasteiger partial charge on any atom is -0.363 e. The van der Waals surface area contributed by atoms with E-state index in [2.05, 4.69) is 27.3 Å². The van der Waals surface area contributed by atoms with Crippen LogP contribution in [0.15, 0.2) is 18.6 Å². The minimum atomic E-state index is 0.305. The van der Waals surface area contributed by atoms with Crippen LogP contribution in [0.3, 0.4) is 0 Å². The Bertz CT molecular complexity index is 580. The summed E-state index contributed by atoms with van der Waals surface area (Å²) >= 11 is 0. The van der Waals surface area contributed by atoms with Crippen molar-refractivity contribution in [1.82, 2.24) is 19.7 Å². The van der Waals surface area contributed by atoms with Gasteiger partial charge in [0.25, 0.3) is 0 Å². The van der Waals surface area contributed by atoms with E-state index in [1.807, 2.05) is 19.3 Å². The van der Waals surface area contributed by atoms with Gasteiger partial charge in [0, 0.05) is 37.7 Å². The number of anilines is 1. The van der Waals surface area contributed by atoms with E-state index in [1.54, 1.807) is 10.9 Å². The van der Waals surface area contributed by atoms with Crippen molar-refractivity contribution in [3.05, 3.63) is 35.5 Å². The van der Waals surface area contributed by atoms with Gasteiger partial charge >= 0.3 is 0 Å². The average molecular weight is 242 g/mol. The normalized spacial score (nSPS) is 10.1. The highest BCUT2D eigenvalue weighted by atomic mass is 15.3. The van der Waals surface area contributed by atoms with E-state index < -0.39 is 0 Å². The highest BCUT2D eigenvalue weighted by Gasteiger charge is 2.08. The minimum absolute atomic E-state index is 0.305. The second-order valence-corrected chi connectivity index (χ2v) is 3.85. The fourth-order valence-electron chi connectivity index (χ4n) is 1.76. The zero-order chi connectivity index (χ0) is 13.0. The second-order valence-electron chi connectivity index (χ2n) is 3.85. The van der Waals surface area contributed by atoms with Crippen LogP contribution in [0.25, 0.3) is 0 Å². The maximum atomic E-state index is 8.91. The number of nitriles is 1. The van der Waals surface area contributed by atoms with Crippen molar-refractivity contribution < 1.29 is 0 Å². The maximum absolute atomic E-state index is 8.91. The summed E-state index contributed by atoms with van der Waals surface area (Å²) in [6, 6.07) is 2.01. The lowest BCUT2D eigenvalue weighted by atomic mass is 10.2. The maximum Gasteiger partial charge on any atom is 0.182 e. The molecule has 2 aromatic rings. The van der Waals surface area contributed by atoms with Crippen molar-refractivity contribution in [2.75, 3.05) is 5.32 Å². The molecule has 2 rings (SSSR count). The first-order valence-corrected chi connectivity index (χ1v) is 5.71. The lowest BCUT2D eigenvalue weighted by Gasteiger charge is -2.05. The number of nitrogens with zero attached hydrogens (tertiary/aromatic N) is 5. The van der Waals surface area contributed by atoms with Gasteiger partial charge in [-0.25, -0.2) is 9.97 Å². The fraction of sp³-hybridized carbons (Fsp3) is 0.333. The number of rotatable bonds is 4. The SMILES string of the molecule is CCc1nn(C)cc1CNc1nccnc1C#N. The summed E-state index contributed by atoms with van der Waals surface area (Å²) in [5, 5.41) is 16.4. The standard InChI is InChI=1S/C12H14N6/c1-3-10-9(8-18(2)17-10)7-16-12-11(6-13)14-4-5-15-12/h4-5,8H,3,7H2,1-2H3,(H,15,16). The van der Waals surface area contributed by atoms with E-state index in [0.29, 0.717) is 18.1 Å². The highest BCUT2D eigenvalue weighted by molar-refractivity contribution is 5.47. The molecule has 0 unspecified atom stereocenters. The van der Waals surface area contributed by atoms with Crippen LogP contribution in [0.5, 0.6) is 0 Å². The van der Waals surface area contributed by atoms with Crippen LogP contribution in [0.1, 0.15) is 23.9 Å². The Kier molecular flexibility index (Phi) is 3.53. The Morgan fingerprint density at radius 1 is 1.39 bits per heavy atom. The van der Waals surface area contributed by atoms with Crippen molar-refractivity contribution in [3.8, 4) is 6.07 Å². The summed E-state index contributed by atoms with van der Waals surface area (Å²) < 4.78 is 1.79. The molecule has 0 atom stereocenters. The molecule has 0 saturated carbocycles. The molecule has 6 nitrogen and oxygen atoms in total. The van der Waals surface area contributed by atoms with Crippen LogP contribution in [0, 0.1) is 11.3 Å². The zero-order valence-electron chi connectivity index (χ0n) is 10.4. The van der Waals surface area contributed by atoms with Crippen LogP contribution in [0.4, 0.5) is 5.82 Å². The number of nitrogens with one attached hydrogen (secondary N) is 1. The third-order valence-electron chi connectivity index (χ3n) is 2.58. The molecule has 0 radical (unpaired) electrons. The molecule has 92 valence electrons. The molecule has 0 aliphatic carbocycles. The lowest BCUT2D eigenvalue weighted by molar-refractivity contribution is 0.746. The monoisotopic (exact) mass is 242 g/mol. The van der Waals surface area contributed by atoms with Crippen molar-refractivity contribution in [1.29, 1.82) is 5.26 Å². The van der Waals surface area contributed by atoms with Gasteiger partial charge in [-0.2, -0.15) is 10.4 Å². The molecule has 1 N–H and O–H groups in total. The van der Waals surface area contributed by atoms with Crippen LogP contribution < -0.4 is 5.32 Å². The molecule has 0 spiro atoms. The van der Waals surface area contributed by atoms with E-state index in [4.69, 9.17) is 5.26 Å². The van der Waals surface area contributed by atoms with E-state index in [1.165, 1.54) is 6.20 Å². The zero-order valence-corrected chi connectivity index (χ0v) is 10.4. The Labute approximate surface area is 105 Å². The molecule has 0 aliphatic rings. The van der Waals surface area contributed by atoms with Gasteiger partial charge in [-0.15, -0.1) is 0 Å². The smallest absolute Gasteiger partial charge is 0.182 e. The lowest BCUT2D eigenvalue weighted by Crippen LogP contribution is -2.05. The number of aryl methyl sites for hydroxylation is 2. The number of aromatic nitrogens is 4. The fourth-order valence-corrected chi connectivity index (χ4v) is 1.76. The van der Waals surface area contributed by atoms with Crippen molar-refractivity contribution >= 4 is 5.82 Å². The largest absolute Gasteiger partial charge is 0.363 e. The molecular formula is C12H14N6. The predicted molar refractivity (Wildman–Crippen MR) is 66.7 cm³/mol.